The van der Waals surface area contributed by atoms with Gasteiger partial charge in [-0.3, -0.25) is 0 Å². The standard InChI is InChI=1S/C10H11Cl2N/c11-7-3-8(6-1-2-6)9(5-13)10(12)4-7/h3-4,6H,1-2,5,13H2. The summed E-state index contributed by atoms with van der Waals surface area (Å²) in [5.41, 5.74) is 7.95. The Balaban J connectivity index is 2.50. The summed E-state index contributed by atoms with van der Waals surface area (Å²) in [5.74, 6) is 0.648. The zero-order valence-corrected chi connectivity index (χ0v) is 8.70. The molecule has 0 atom stereocenters. The fourth-order valence-electron chi connectivity index (χ4n) is 1.60. The first kappa shape index (κ1) is 9.32. The van der Waals surface area contributed by atoms with E-state index in [9.17, 15) is 0 Å². The van der Waals surface area contributed by atoms with Gasteiger partial charge in [-0.1, -0.05) is 23.2 Å². The minimum atomic E-state index is 0.502. The predicted molar refractivity (Wildman–Crippen MR) is 56.3 cm³/mol. The summed E-state index contributed by atoms with van der Waals surface area (Å²) in [7, 11) is 0. The first-order valence-corrected chi connectivity index (χ1v) is 5.16. The van der Waals surface area contributed by atoms with Gasteiger partial charge in [-0.2, -0.15) is 0 Å². The highest BCUT2D eigenvalue weighted by atomic mass is 35.5. The molecule has 3 heteroatoms. The van der Waals surface area contributed by atoms with Gasteiger partial charge in [0.05, 0.1) is 0 Å². The van der Waals surface area contributed by atoms with Crippen molar-refractivity contribution < 1.29 is 0 Å². The molecule has 70 valence electrons. The lowest BCUT2D eigenvalue weighted by Crippen LogP contribution is -2.01. The van der Waals surface area contributed by atoms with Crippen LogP contribution in [0.1, 0.15) is 29.9 Å². The van der Waals surface area contributed by atoms with E-state index < -0.39 is 0 Å². The van der Waals surface area contributed by atoms with Gasteiger partial charge in [0.15, 0.2) is 0 Å². The van der Waals surface area contributed by atoms with Crippen molar-refractivity contribution in [2.45, 2.75) is 25.3 Å². The first-order valence-electron chi connectivity index (χ1n) is 4.40. The molecule has 1 aromatic rings. The molecule has 0 amide bonds. The van der Waals surface area contributed by atoms with Gasteiger partial charge in [-0.05, 0) is 42.0 Å². The summed E-state index contributed by atoms with van der Waals surface area (Å²) < 4.78 is 0. The van der Waals surface area contributed by atoms with E-state index in [-0.39, 0.29) is 0 Å². The lowest BCUT2D eigenvalue weighted by molar-refractivity contribution is 0.997. The monoisotopic (exact) mass is 215 g/mol. The Morgan fingerprint density at radius 2 is 2.00 bits per heavy atom. The van der Waals surface area contributed by atoms with Crippen LogP contribution in [-0.2, 0) is 6.54 Å². The second kappa shape index (κ2) is 3.49. The van der Waals surface area contributed by atoms with Gasteiger partial charge in [0.25, 0.3) is 0 Å². The average Bonchev–Trinajstić information content (AvgIpc) is 2.85. The van der Waals surface area contributed by atoms with Crippen molar-refractivity contribution in [3.8, 4) is 0 Å². The van der Waals surface area contributed by atoms with Gasteiger partial charge < -0.3 is 5.73 Å². The molecule has 1 aromatic carbocycles. The highest BCUT2D eigenvalue weighted by Crippen LogP contribution is 2.44. The van der Waals surface area contributed by atoms with Crippen LogP contribution in [0.3, 0.4) is 0 Å². The van der Waals surface area contributed by atoms with E-state index in [2.05, 4.69) is 0 Å². The second-order valence-electron chi connectivity index (χ2n) is 3.43. The number of benzene rings is 1. The third kappa shape index (κ3) is 1.83. The smallest absolute Gasteiger partial charge is 0.0468 e. The van der Waals surface area contributed by atoms with Crippen molar-refractivity contribution in [1.82, 2.24) is 0 Å². The van der Waals surface area contributed by atoms with Crippen LogP contribution >= 0.6 is 23.2 Å². The molecule has 1 aliphatic rings. The van der Waals surface area contributed by atoms with Crippen molar-refractivity contribution >= 4 is 23.2 Å². The number of hydrogen-bond donors (Lipinski definition) is 1. The van der Waals surface area contributed by atoms with E-state index in [4.69, 9.17) is 28.9 Å². The number of nitrogens with two attached hydrogens (primary N) is 1. The van der Waals surface area contributed by atoms with E-state index in [1.165, 1.54) is 18.4 Å². The lowest BCUT2D eigenvalue weighted by atomic mass is 10.0. The first-order chi connectivity index (χ1) is 6.22. The maximum absolute atomic E-state index is 6.04. The molecule has 13 heavy (non-hydrogen) atoms. The van der Waals surface area contributed by atoms with E-state index in [1.807, 2.05) is 6.07 Å². The van der Waals surface area contributed by atoms with Crippen molar-refractivity contribution in [2.24, 2.45) is 5.73 Å². The van der Waals surface area contributed by atoms with E-state index in [1.54, 1.807) is 6.07 Å². The number of halogens is 2. The summed E-state index contributed by atoms with van der Waals surface area (Å²) in [6, 6.07) is 3.75. The van der Waals surface area contributed by atoms with Crippen molar-refractivity contribution in [3.05, 3.63) is 33.3 Å². The van der Waals surface area contributed by atoms with Crippen LogP contribution in [0.25, 0.3) is 0 Å². The van der Waals surface area contributed by atoms with E-state index in [0.29, 0.717) is 22.5 Å². The second-order valence-corrected chi connectivity index (χ2v) is 4.28. The van der Waals surface area contributed by atoms with Crippen LogP contribution in [0.15, 0.2) is 12.1 Å². The van der Waals surface area contributed by atoms with Gasteiger partial charge >= 0.3 is 0 Å². The minimum Gasteiger partial charge on any atom is -0.326 e. The SMILES string of the molecule is NCc1c(Cl)cc(Cl)cc1C1CC1. The minimum absolute atomic E-state index is 0.502. The molecule has 0 aromatic heterocycles. The van der Waals surface area contributed by atoms with Crippen LogP contribution in [0.2, 0.25) is 10.0 Å². The number of rotatable bonds is 2. The molecule has 0 aliphatic heterocycles. The molecule has 1 fully saturated rings. The van der Waals surface area contributed by atoms with E-state index >= 15 is 0 Å². The molecule has 0 bridgehead atoms. The molecule has 1 nitrogen and oxygen atoms in total. The average molecular weight is 216 g/mol. The van der Waals surface area contributed by atoms with Gasteiger partial charge in [-0.25, -0.2) is 0 Å². The number of hydrogen-bond acceptors (Lipinski definition) is 1. The molecule has 2 N–H and O–H groups in total. The Labute approximate surface area is 87.8 Å². The molecule has 1 saturated carbocycles. The quantitative estimate of drug-likeness (QED) is 0.806. The fourth-order valence-corrected chi connectivity index (χ4v) is 2.18. The molecule has 0 radical (unpaired) electrons. The summed E-state index contributed by atoms with van der Waals surface area (Å²) >= 11 is 12.0. The fraction of sp³-hybridized carbons (Fsp3) is 0.400. The summed E-state index contributed by atoms with van der Waals surface area (Å²) in [6.45, 7) is 0.502. The van der Waals surface area contributed by atoms with Crippen LogP contribution in [0, 0.1) is 0 Å². The Morgan fingerprint density at radius 3 is 2.54 bits per heavy atom. The summed E-state index contributed by atoms with van der Waals surface area (Å²) in [4.78, 5) is 0. The van der Waals surface area contributed by atoms with E-state index in [0.717, 1.165) is 5.56 Å². The van der Waals surface area contributed by atoms with Gasteiger partial charge in [0, 0.05) is 16.6 Å². The maximum Gasteiger partial charge on any atom is 0.0468 e. The molecule has 0 heterocycles. The molecule has 2 rings (SSSR count). The van der Waals surface area contributed by atoms with Gasteiger partial charge in [-0.15, -0.1) is 0 Å². The van der Waals surface area contributed by atoms with Crippen LogP contribution < -0.4 is 5.73 Å². The van der Waals surface area contributed by atoms with Crippen LogP contribution in [-0.4, -0.2) is 0 Å². The zero-order chi connectivity index (χ0) is 9.42. The topological polar surface area (TPSA) is 26.0 Å². The lowest BCUT2D eigenvalue weighted by Gasteiger charge is -2.09. The van der Waals surface area contributed by atoms with Crippen LogP contribution in [0.5, 0.6) is 0 Å². The Bertz CT molecular complexity index is 332. The molecule has 0 spiro atoms. The van der Waals surface area contributed by atoms with Crippen LogP contribution in [0.4, 0.5) is 0 Å². The largest absolute Gasteiger partial charge is 0.326 e. The third-order valence-electron chi connectivity index (χ3n) is 2.42. The predicted octanol–water partition coefficient (Wildman–Crippen LogP) is 3.33. The van der Waals surface area contributed by atoms with Crippen molar-refractivity contribution in [2.75, 3.05) is 0 Å². The van der Waals surface area contributed by atoms with Crippen molar-refractivity contribution in [1.29, 1.82) is 0 Å². The highest BCUT2D eigenvalue weighted by Gasteiger charge is 2.26. The molecular formula is C10H11Cl2N. The van der Waals surface area contributed by atoms with Crippen molar-refractivity contribution in [3.63, 3.8) is 0 Å². The molecule has 0 saturated heterocycles. The zero-order valence-electron chi connectivity index (χ0n) is 7.19. The Hall–Kier alpha value is -0.240. The molecule has 0 unspecified atom stereocenters. The summed E-state index contributed by atoms with van der Waals surface area (Å²) in [6.07, 6.45) is 2.48. The Kier molecular flexibility index (Phi) is 2.50. The third-order valence-corrected chi connectivity index (χ3v) is 2.97. The normalized spacial score (nSPS) is 16.2. The molecular weight excluding hydrogens is 205 g/mol. The maximum atomic E-state index is 6.04. The van der Waals surface area contributed by atoms with Gasteiger partial charge in [0.2, 0.25) is 0 Å². The molecule has 1 aliphatic carbocycles. The Morgan fingerprint density at radius 1 is 1.31 bits per heavy atom. The highest BCUT2D eigenvalue weighted by molar-refractivity contribution is 6.35. The van der Waals surface area contributed by atoms with Gasteiger partial charge in [0.1, 0.15) is 0 Å². The summed E-state index contributed by atoms with van der Waals surface area (Å²) in [5, 5.41) is 1.42.